The molecule has 0 saturated heterocycles. The molecule has 2 aliphatic carbocycles. The molecule has 97 heavy (non-hydrogen) atoms. The summed E-state index contributed by atoms with van der Waals surface area (Å²) in [5, 5.41) is 1.10. The van der Waals surface area contributed by atoms with E-state index in [0.29, 0.717) is 60.5 Å². The van der Waals surface area contributed by atoms with Crippen LogP contribution in [0.3, 0.4) is 0 Å². The first-order valence-corrected chi connectivity index (χ1v) is 36.5. The second-order valence-electron chi connectivity index (χ2n) is 23.9. The van der Waals surface area contributed by atoms with E-state index in [1.165, 1.54) is 54.6 Å². The van der Waals surface area contributed by atoms with Crippen LogP contribution in [0.15, 0.2) is 148 Å². The third kappa shape index (κ3) is 15.2. The van der Waals surface area contributed by atoms with Gasteiger partial charge < -0.3 is 9.80 Å². The van der Waals surface area contributed by atoms with Crippen LogP contribution in [-0.4, -0.2) is 87.5 Å². The van der Waals surface area contributed by atoms with Gasteiger partial charge in [0.15, 0.2) is 56.3 Å². The molecule has 0 spiro atoms. The molecule has 514 valence electrons. The Bertz CT molecular complexity index is 4760. The number of benzene rings is 8. The molecule has 10 rings (SSSR count). The molecule has 0 heterocycles. The number of nitrogens with zero attached hydrogens (tertiary/aromatic N) is 4. The van der Waals surface area contributed by atoms with Gasteiger partial charge in [-0.3, -0.25) is 19.0 Å². The molecule has 2 N–H and O–H groups in total. The monoisotopic (exact) mass is 1430 g/mol. The van der Waals surface area contributed by atoms with Crippen molar-refractivity contribution in [2.75, 3.05) is 52.7 Å². The van der Waals surface area contributed by atoms with Crippen LogP contribution in [0.2, 0.25) is 0 Å². The highest BCUT2D eigenvalue weighted by Gasteiger charge is 2.40. The second-order valence-corrected chi connectivity index (χ2v) is 31.3. The van der Waals surface area contributed by atoms with Gasteiger partial charge in [0.2, 0.25) is 53.5 Å². The molecule has 0 unspecified atom stereocenters. The van der Waals surface area contributed by atoms with Gasteiger partial charge >= 0.3 is 0 Å². The normalized spacial score (nSPS) is 15.8. The number of fused-ring (bicyclic) bond motifs is 1. The number of hydrogen-bond acceptors (Lipinski definition) is 10. The van der Waals surface area contributed by atoms with Crippen molar-refractivity contribution in [3.8, 4) is 0 Å². The minimum atomic E-state index is -5.53. The Labute approximate surface area is 553 Å². The Kier molecular flexibility index (Phi) is 21.0. The molecule has 0 aliphatic heterocycles. The molecule has 2 amide bonds. The average molecular weight is 1430 g/mol. The SMILES string of the molecule is CN(CC(=O)N(Cc1ccc(C2CCC(c3ccc(S(=O)(=O)Nc4ccc(N(Cc5ccc(C6CCCCC6)cc5)C(=O)CN(C)S(=O)(=O)c5c(F)c(F)c(F)c(F)c5F)cc4)c4ccccc34)CC2)cc1)c1ccc(NS(C)(=O)=O)cc1)S(=O)(=O)c1c(F)c(F)c(F)c(F)c1F. The smallest absolute Gasteiger partial charge is 0.262 e. The fraction of sp³-hybridized carbons (Fsp3) is 0.284. The second kappa shape index (κ2) is 28.6. The van der Waals surface area contributed by atoms with E-state index in [4.69, 9.17) is 0 Å². The molecule has 0 radical (unpaired) electrons. The van der Waals surface area contributed by atoms with Gasteiger partial charge in [-0.05, 0) is 144 Å². The molecule has 2 saturated carbocycles. The minimum Gasteiger partial charge on any atom is -0.307 e. The maximum Gasteiger partial charge on any atom is 0.262 e. The van der Waals surface area contributed by atoms with Crippen molar-refractivity contribution in [1.82, 2.24) is 8.61 Å². The molecule has 0 atom stereocenters. The molecular formula is C67H62F10N6O10S4. The summed E-state index contributed by atoms with van der Waals surface area (Å²) in [4.78, 5) is 26.1. The lowest BCUT2D eigenvalue weighted by Gasteiger charge is -2.30. The molecule has 2 aliphatic rings. The lowest BCUT2D eigenvalue weighted by Crippen LogP contribution is -2.41. The zero-order valence-corrected chi connectivity index (χ0v) is 55.2. The number of anilines is 4. The third-order valence-electron chi connectivity index (χ3n) is 17.5. The zero-order valence-electron chi connectivity index (χ0n) is 51.9. The number of nitrogens with one attached hydrogen (secondary N) is 2. The Morgan fingerprint density at radius 1 is 0.412 bits per heavy atom. The summed E-state index contributed by atoms with van der Waals surface area (Å²) in [6, 6.07) is 35.6. The maximum absolute atomic E-state index is 14.8. The van der Waals surface area contributed by atoms with Crippen LogP contribution in [0.25, 0.3) is 10.8 Å². The van der Waals surface area contributed by atoms with Gasteiger partial charge in [0, 0.05) is 42.2 Å². The number of likely N-dealkylation sites (N-methyl/N-ethyl adjacent to an activating group) is 2. The van der Waals surface area contributed by atoms with Crippen molar-refractivity contribution in [2.24, 2.45) is 0 Å². The van der Waals surface area contributed by atoms with Crippen LogP contribution >= 0.6 is 0 Å². The number of halogens is 10. The molecule has 30 heteroatoms. The lowest BCUT2D eigenvalue weighted by atomic mass is 9.75. The summed E-state index contributed by atoms with van der Waals surface area (Å²) in [6.45, 7) is -2.73. The van der Waals surface area contributed by atoms with Crippen molar-refractivity contribution in [3.63, 3.8) is 0 Å². The van der Waals surface area contributed by atoms with Gasteiger partial charge in [-0.25, -0.2) is 77.6 Å². The lowest BCUT2D eigenvalue weighted by molar-refractivity contribution is -0.119. The quantitative estimate of drug-likeness (QED) is 0.0373. The highest BCUT2D eigenvalue weighted by molar-refractivity contribution is 7.93. The first kappa shape index (κ1) is 71.4. The van der Waals surface area contributed by atoms with Crippen LogP contribution in [-0.2, 0) is 62.8 Å². The average Bonchev–Trinajstić information content (AvgIpc) is 0.771. The van der Waals surface area contributed by atoms with Crippen LogP contribution in [0.4, 0.5) is 66.7 Å². The first-order chi connectivity index (χ1) is 45.8. The summed E-state index contributed by atoms with van der Waals surface area (Å²) >= 11 is 0. The molecule has 8 aromatic rings. The van der Waals surface area contributed by atoms with Crippen molar-refractivity contribution in [2.45, 2.75) is 103 Å². The number of sulfonamides is 4. The van der Waals surface area contributed by atoms with E-state index in [2.05, 4.69) is 9.44 Å². The molecular weight excluding hydrogens is 1370 g/mol. The number of carbonyl (C=O) groups is 2. The van der Waals surface area contributed by atoms with Gasteiger partial charge in [-0.15, -0.1) is 0 Å². The number of carbonyl (C=O) groups excluding carboxylic acids is 2. The van der Waals surface area contributed by atoms with Crippen molar-refractivity contribution >= 4 is 85.4 Å². The van der Waals surface area contributed by atoms with E-state index in [0.717, 1.165) is 71.9 Å². The van der Waals surface area contributed by atoms with E-state index in [9.17, 15) is 87.2 Å². The third-order valence-corrected chi connectivity index (χ3v) is 23.2. The topological polar surface area (TPSA) is 208 Å². The molecule has 0 bridgehead atoms. The fourth-order valence-electron chi connectivity index (χ4n) is 12.4. The van der Waals surface area contributed by atoms with Crippen LogP contribution in [0.5, 0.6) is 0 Å². The van der Waals surface area contributed by atoms with Crippen LogP contribution in [0, 0.1) is 58.2 Å². The molecule has 2 fully saturated rings. The predicted octanol–water partition coefficient (Wildman–Crippen LogP) is 13.6. The summed E-state index contributed by atoms with van der Waals surface area (Å²) in [5.74, 6) is -27.3. The van der Waals surface area contributed by atoms with Crippen LogP contribution < -0.4 is 19.2 Å². The largest absolute Gasteiger partial charge is 0.307 e. The minimum absolute atomic E-state index is 0.0103. The summed E-state index contributed by atoms with van der Waals surface area (Å²) in [5.41, 5.74) is 4.39. The summed E-state index contributed by atoms with van der Waals surface area (Å²) < 4.78 is 255. The van der Waals surface area contributed by atoms with Gasteiger partial charge in [0.1, 0.15) is 0 Å². The van der Waals surface area contributed by atoms with Gasteiger partial charge in [0.05, 0.1) is 37.3 Å². The molecule has 16 nitrogen and oxygen atoms in total. The Hall–Kier alpha value is -8.42. The van der Waals surface area contributed by atoms with Crippen molar-refractivity contribution in [1.29, 1.82) is 0 Å². The maximum atomic E-state index is 14.8. The Balaban J connectivity index is 0.829. The Morgan fingerprint density at radius 2 is 0.773 bits per heavy atom. The Morgan fingerprint density at radius 3 is 1.18 bits per heavy atom. The van der Waals surface area contributed by atoms with Crippen molar-refractivity contribution in [3.05, 3.63) is 219 Å². The number of rotatable bonds is 22. The van der Waals surface area contributed by atoms with E-state index in [1.807, 2.05) is 30.3 Å². The highest BCUT2D eigenvalue weighted by Crippen LogP contribution is 2.44. The predicted molar refractivity (Wildman–Crippen MR) is 343 cm³/mol. The van der Waals surface area contributed by atoms with E-state index < -0.39 is 133 Å². The van der Waals surface area contributed by atoms with Crippen molar-refractivity contribution < 1.29 is 87.2 Å². The summed E-state index contributed by atoms with van der Waals surface area (Å²) in [6.07, 6.45) is 8.96. The summed E-state index contributed by atoms with van der Waals surface area (Å²) in [7, 11) is -17.7. The first-order valence-electron chi connectivity index (χ1n) is 30.2. The van der Waals surface area contributed by atoms with E-state index in [1.54, 1.807) is 48.5 Å². The zero-order chi connectivity index (χ0) is 70.2. The van der Waals surface area contributed by atoms with E-state index in [-0.39, 0.29) is 61.2 Å². The van der Waals surface area contributed by atoms with Gasteiger partial charge in [0.25, 0.3) is 10.0 Å². The van der Waals surface area contributed by atoms with E-state index >= 15 is 0 Å². The number of hydrogen-bond donors (Lipinski definition) is 2. The van der Waals surface area contributed by atoms with Gasteiger partial charge in [-0.1, -0.05) is 98.1 Å². The molecule has 0 aromatic heterocycles. The standard InChI is InChI=1S/C67H62F10N6O10S4/c1-80(96(90,91)66-62(74)58(70)56(68)59(71)63(66)75)37-54(84)82(48-29-25-46(26-30-48)78-94(3,86)87)36-40-15-19-43(20-16-40)44-21-23-45(24-22-44)50-33-34-53(52-12-8-7-11-51(50)52)95(88,89)79-47-27-31-49(32-28-47)83(35-39-13-17-42(18-14-39)41-9-5-4-6-10-41)55(85)38-81(2)97(92,93)67-64(76)60(72)57(69)61(73)65(67)77/h7-8,11-20,25-34,41,44-45,78-79H,4-6,9-10,21-24,35-38H2,1-3H3. The van der Waals surface area contributed by atoms with Crippen LogP contribution in [0.1, 0.15) is 103 Å². The molecule has 8 aromatic carbocycles. The fourth-order valence-corrected chi connectivity index (χ4v) is 16.6. The number of amides is 2. The van der Waals surface area contributed by atoms with Gasteiger partial charge in [-0.2, -0.15) is 8.61 Å². The highest BCUT2D eigenvalue weighted by atomic mass is 32.2.